The summed E-state index contributed by atoms with van der Waals surface area (Å²) in [5.41, 5.74) is 1.50. The average molecular weight is 449 g/mol. The van der Waals surface area contributed by atoms with Gasteiger partial charge in [0.1, 0.15) is 5.75 Å². The van der Waals surface area contributed by atoms with Crippen molar-refractivity contribution in [2.24, 2.45) is 0 Å². The van der Waals surface area contributed by atoms with E-state index < -0.39 is 0 Å². The molecule has 1 fully saturated rings. The van der Waals surface area contributed by atoms with Crippen LogP contribution in [0.2, 0.25) is 0 Å². The number of piperidine rings is 1. The van der Waals surface area contributed by atoms with E-state index in [1.165, 1.54) is 0 Å². The largest absolute Gasteiger partial charge is 0.494 e. The molecule has 0 atom stereocenters. The second-order valence-electron chi connectivity index (χ2n) is 7.96. The molecule has 8 nitrogen and oxygen atoms in total. The number of rotatable bonds is 8. The number of hydrogen-bond donors (Lipinski definition) is 1. The summed E-state index contributed by atoms with van der Waals surface area (Å²) in [6.07, 6.45) is 2.13. The number of ether oxygens (including phenoxy) is 1. The molecule has 1 aliphatic rings. The van der Waals surface area contributed by atoms with Gasteiger partial charge in [-0.25, -0.2) is 0 Å². The molecular formula is C25H28N4O4. The molecule has 0 radical (unpaired) electrons. The van der Waals surface area contributed by atoms with Crippen molar-refractivity contribution in [3.63, 3.8) is 0 Å². The molecule has 8 heteroatoms. The lowest BCUT2D eigenvalue weighted by Crippen LogP contribution is -2.46. The maximum Gasteiger partial charge on any atom is 0.253 e. The standard InChI is InChI=1S/C25H28N4O4/c1-2-32-21-10-8-19(9-11-21)25(31)29-16-14-20(15-17-29)26-22(30)12-13-23-27-28-24(33-23)18-6-4-3-5-7-18/h3-11,20H,2,12-17H2,1H3,(H,26,30). The Labute approximate surface area is 193 Å². The van der Waals surface area contributed by atoms with Crippen LogP contribution in [0.3, 0.4) is 0 Å². The second kappa shape index (κ2) is 10.8. The van der Waals surface area contributed by atoms with Crippen LogP contribution in [0, 0.1) is 0 Å². The number of carbonyl (C=O) groups excluding carboxylic acids is 2. The Balaban J connectivity index is 1.20. The van der Waals surface area contributed by atoms with Gasteiger partial charge in [0.05, 0.1) is 6.61 Å². The summed E-state index contributed by atoms with van der Waals surface area (Å²) in [5.74, 6) is 1.61. The Bertz CT molecular complexity index is 1060. The molecule has 1 aliphatic heterocycles. The Kier molecular flexibility index (Phi) is 7.34. The van der Waals surface area contributed by atoms with Crippen LogP contribution in [-0.2, 0) is 11.2 Å². The van der Waals surface area contributed by atoms with Crippen molar-refractivity contribution in [1.82, 2.24) is 20.4 Å². The Hall–Kier alpha value is -3.68. The molecule has 3 aromatic rings. The van der Waals surface area contributed by atoms with E-state index >= 15 is 0 Å². The van der Waals surface area contributed by atoms with Gasteiger partial charge < -0.3 is 19.4 Å². The summed E-state index contributed by atoms with van der Waals surface area (Å²) in [7, 11) is 0. The summed E-state index contributed by atoms with van der Waals surface area (Å²) >= 11 is 0. The number of benzene rings is 2. The Morgan fingerprint density at radius 2 is 1.79 bits per heavy atom. The number of aryl methyl sites for hydroxylation is 1. The van der Waals surface area contributed by atoms with Crippen molar-refractivity contribution in [3.8, 4) is 17.2 Å². The molecule has 4 rings (SSSR count). The Morgan fingerprint density at radius 3 is 2.48 bits per heavy atom. The van der Waals surface area contributed by atoms with Crippen LogP contribution in [0.5, 0.6) is 5.75 Å². The first kappa shape index (κ1) is 22.5. The van der Waals surface area contributed by atoms with E-state index in [1.54, 1.807) is 12.1 Å². The number of carbonyl (C=O) groups is 2. The highest BCUT2D eigenvalue weighted by Gasteiger charge is 2.24. The molecule has 0 saturated carbocycles. The Morgan fingerprint density at radius 1 is 1.06 bits per heavy atom. The van der Waals surface area contributed by atoms with E-state index in [4.69, 9.17) is 9.15 Å². The second-order valence-corrected chi connectivity index (χ2v) is 7.96. The quantitative estimate of drug-likeness (QED) is 0.567. The third kappa shape index (κ3) is 5.97. The summed E-state index contributed by atoms with van der Waals surface area (Å²) in [5, 5.41) is 11.2. The number of amides is 2. The van der Waals surface area contributed by atoms with Gasteiger partial charge in [0.25, 0.3) is 5.91 Å². The van der Waals surface area contributed by atoms with Crippen molar-refractivity contribution in [2.75, 3.05) is 19.7 Å². The maximum atomic E-state index is 12.7. The molecule has 33 heavy (non-hydrogen) atoms. The van der Waals surface area contributed by atoms with Gasteiger partial charge >= 0.3 is 0 Å². The van der Waals surface area contributed by atoms with Gasteiger partial charge in [-0.15, -0.1) is 10.2 Å². The molecule has 1 aromatic heterocycles. The van der Waals surface area contributed by atoms with Crippen LogP contribution in [0.1, 0.15) is 42.4 Å². The van der Waals surface area contributed by atoms with Crippen LogP contribution in [0.4, 0.5) is 0 Å². The molecule has 0 aliphatic carbocycles. The fraction of sp³-hybridized carbons (Fsp3) is 0.360. The molecule has 2 amide bonds. The minimum Gasteiger partial charge on any atom is -0.494 e. The lowest BCUT2D eigenvalue weighted by atomic mass is 10.0. The predicted octanol–water partition coefficient (Wildman–Crippen LogP) is 3.49. The van der Waals surface area contributed by atoms with Gasteiger partial charge in [-0.3, -0.25) is 9.59 Å². The molecule has 1 saturated heterocycles. The highest BCUT2D eigenvalue weighted by molar-refractivity contribution is 5.94. The molecule has 1 N–H and O–H groups in total. The predicted molar refractivity (Wildman–Crippen MR) is 123 cm³/mol. The molecule has 2 aromatic carbocycles. The fourth-order valence-corrected chi connectivity index (χ4v) is 3.84. The van der Waals surface area contributed by atoms with Crippen molar-refractivity contribution >= 4 is 11.8 Å². The molecular weight excluding hydrogens is 420 g/mol. The van der Waals surface area contributed by atoms with Crippen LogP contribution >= 0.6 is 0 Å². The third-order valence-corrected chi connectivity index (χ3v) is 5.61. The van der Waals surface area contributed by atoms with Crippen LogP contribution in [0.25, 0.3) is 11.5 Å². The lowest BCUT2D eigenvalue weighted by molar-refractivity contribution is -0.122. The number of nitrogens with one attached hydrogen (secondary N) is 1. The van der Waals surface area contributed by atoms with E-state index in [0.29, 0.717) is 43.5 Å². The first-order valence-corrected chi connectivity index (χ1v) is 11.3. The van der Waals surface area contributed by atoms with Gasteiger partial charge in [-0.1, -0.05) is 18.2 Å². The average Bonchev–Trinajstić information content (AvgIpc) is 3.33. The van der Waals surface area contributed by atoms with Gasteiger partial charge in [0.2, 0.25) is 17.7 Å². The topological polar surface area (TPSA) is 97.6 Å². The summed E-state index contributed by atoms with van der Waals surface area (Å²) in [6, 6.07) is 16.8. The van der Waals surface area contributed by atoms with Crippen LogP contribution in [0.15, 0.2) is 59.0 Å². The molecule has 0 spiro atoms. The lowest BCUT2D eigenvalue weighted by Gasteiger charge is -2.32. The van der Waals surface area contributed by atoms with E-state index in [-0.39, 0.29) is 24.3 Å². The first-order valence-electron chi connectivity index (χ1n) is 11.3. The highest BCUT2D eigenvalue weighted by Crippen LogP contribution is 2.19. The van der Waals surface area contributed by atoms with Gasteiger partial charge in [-0.05, 0) is 56.2 Å². The first-order chi connectivity index (χ1) is 16.1. The van der Waals surface area contributed by atoms with Gasteiger partial charge in [0.15, 0.2) is 0 Å². The number of likely N-dealkylation sites (tertiary alicyclic amines) is 1. The van der Waals surface area contributed by atoms with Crippen molar-refractivity contribution < 1.29 is 18.7 Å². The SMILES string of the molecule is CCOc1ccc(C(=O)N2CCC(NC(=O)CCc3nnc(-c4ccccc4)o3)CC2)cc1. The number of aromatic nitrogens is 2. The summed E-state index contributed by atoms with van der Waals surface area (Å²) in [6.45, 7) is 3.74. The molecule has 2 heterocycles. The number of hydrogen-bond acceptors (Lipinski definition) is 6. The summed E-state index contributed by atoms with van der Waals surface area (Å²) in [4.78, 5) is 27.0. The monoisotopic (exact) mass is 448 g/mol. The van der Waals surface area contributed by atoms with E-state index in [2.05, 4.69) is 15.5 Å². The third-order valence-electron chi connectivity index (χ3n) is 5.61. The van der Waals surface area contributed by atoms with Gasteiger partial charge in [-0.2, -0.15) is 0 Å². The highest BCUT2D eigenvalue weighted by atomic mass is 16.5. The normalized spacial score (nSPS) is 14.2. The van der Waals surface area contributed by atoms with Crippen molar-refractivity contribution in [2.45, 2.75) is 38.6 Å². The minimum atomic E-state index is -0.0502. The van der Waals surface area contributed by atoms with Crippen LogP contribution < -0.4 is 10.1 Å². The van der Waals surface area contributed by atoms with Gasteiger partial charge in [0, 0.05) is 43.1 Å². The number of nitrogens with zero attached hydrogens (tertiary/aromatic N) is 3. The molecule has 172 valence electrons. The van der Waals surface area contributed by atoms with Crippen molar-refractivity contribution in [1.29, 1.82) is 0 Å². The van der Waals surface area contributed by atoms with E-state index in [9.17, 15) is 9.59 Å². The van der Waals surface area contributed by atoms with Crippen LogP contribution in [-0.4, -0.2) is 52.6 Å². The van der Waals surface area contributed by atoms with E-state index in [1.807, 2.05) is 54.3 Å². The van der Waals surface area contributed by atoms with Crippen molar-refractivity contribution in [3.05, 3.63) is 66.1 Å². The zero-order chi connectivity index (χ0) is 23.0. The molecule has 0 unspecified atom stereocenters. The van der Waals surface area contributed by atoms with E-state index in [0.717, 1.165) is 24.2 Å². The smallest absolute Gasteiger partial charge is 0.253 e. The zero-order valence-corrected chi connectivity index (χ0v) is 18.7. The zero-order valence-electron chi connectivity index (χ0n) is 18.7. The maximum absolute atomic E-state index is 12.7. The minimum absolute atomic E-state index is 0.00781. The fourth-order valence-electron chi connectivity index (χ4n) is 3.84. The molecule has 0 bridgehead atoms. The summed E-state index contributed by atoms with van der Waals surface area (Å²) < 4.78 is 11.1.